The second kappa shape index (κ2) is 2.75. The van der Waals surface area contributed by atoms with Crippen LogP contribution in [0.1, 0.15) is 47.2 Å². The zero-order valence-corrected chi connectivity index (χ0v) is 8.35. The molecule has 0 radical (unpaired) electrons. The lowest BCUT2D eigenvalue weighted by Crippen LogP contribution is -1.87. The standard InChI is InChI=1S/C12H13Cl/c13-12-6-5-9-3-4-10(7-11(9)12)8-1-2-8/h3-4,7-8,12H,1-2,5-6H2. The molecule has 0 aliphatic heterocycles. The van der Waals surface area contributed by atoms with Crippen LogP contribution in [-0.4, -0.2) is 0 Å². The van der Waals surface area contributed by atoms with E-state index in [-0.39, 0.29) is 5.38 Å². The number of aryl methyl sites for hydroxylation is 1. The van der Waals surface area contributed by atoms with Gasteiger partial charge in [-0.3, -0.25) is 0 Å². The second-order valence-electron chi connectivity index (χ2n) is 4.24. The number of fused-ring (bicyclic) bond motifs is 1. The minimum Gasteiger partial charge on any atom is -0.118 e. The van der Waals surface area contributed by atoms with Crippen molar-refractivity contribution in [3.8, 4) is 0 Å². The molecule has 2 aliphatic carbocycles. The van der Waals surface area contributed by atoms with Crippen LogP contribution in [0.4, 0.5) is 0 Å². The van der Waals surface area contributed by atoms with Crippen molar-refractivity contribution in [1.29, 1.82) is 0 Å². The fourth-order valence-electron chi connectivity index (χ4n) is 2.24. The molecule has 0 bridgehead atoms. The third kappa shape index (κ3) is 1.28. The molecule has 1 aromatic carbocycles. The summed E-state index contributed by atoms with van der Waals surface area (Å²) in [6, 6.07) is 6.93. The molecule has 1 saturated carbocycles. The summed E-state index contributed by atoms with van der Waals surface area (Å²) in [5.41, 5.74) is 4.40. The van der Waals surface area contributed by atoms with E-state index >= 15 is 0 Å². The van der Waals surface area contributed by atoms with E-state index in [1.54, 1.807) is 0 Å². The molecule has 0 saturated heterocycles. The van der Waals surface area contributed by atoms with Gasteiger partial charge in [0, 0.05) is 0 Å². The maximum Gasteiger partial charge on any atom is 0.0591 e. The zero-order chi connectivity index (χ0) is 8.84. The predicted octanol–water partition coefficient (Wildman–Crippen LogP) is 3.79. The van der Waals surface area contributed by atoms with Gasteiger partial charge in [-0.05, 0) is 48.3 Å². The molecule has 1 atom stereocenters. The number of hydrogen-bond donors (Lipinski definition) is 0. The highest BCUT2D eigenvalue weighted by Gasteiger charge is 2.26. The van der Waals surface area contributed by atoms with Crippen molar-refractivity contribution in [2.75, 3.05) is 0 Å². The number of rotatable bonds is 1. The zero-order valence-electron chi connectivity index (χ0n) is 7.59. The van der Waals surface area contributed by atoms with Crippen LogP contribution in [0.2, 0.25) is 0 Å². The van der Waals surface area contributed by atoms with Crippen LogP contribution in [0.25, 0.3) is 0 Å². The maximum absolute atomic E-state index is 6.24. The summed E-state index contributed by atoms with van der Waals surface area (Å²) in [5, 5.41) is 0.286. The summed E-state index contributed by atoms with van der Waals surface area (Å²) in [6.07, 6.45) is 5.07. The summed E-state index contributed by atoms with van der Waals surface area (Å²) >= 11 is 6.24. The lowest BCUT2D eigenvalue weighted by atomic mass is 10.0. The molecule has 1 unspecified atom stereocenters. The molecule has 0 amide bonds. The molecule has 0 N–H and O–H groups in total. The van der Waals surface area contributed by atoms with Crippen LogP contribution in [0.15, 0.2) is 18.2 Å². The Bertz CT molecular complexity index is 339. The van der Waals surface area contributed by atoms with Gasteiger partial charge in [0.2, 0.25) is 0 Å². The van der Waals surface area contributed by atoms with Crippen LogP contribution in [0.3, 0.4) is 0 Å². The Morgan fingerprint density at radius 3 is 2.77 bits per heavy atom. The van der Waals surface area contributed by atoms with Gasteiger partial charge < -0.3 is 0 Å². The Balaban J connectivity index is 2.04. The van der Waals surface area contributed by atoms with Crippen molar-refractivity contribution in [1.82, 2.24) is 0 Å². The predicted molar refractivity (Wildman–Crippen MR) is 55.3 cm³/mol. The minimum atomic E-state index is 0.286. The number of benzene rings is 1. The Morgan fingerprint density at radius 1 is 1.15 bits per heavy atom. The van der Waals surface area contributed by atoms with Gasteiger partial charge in [-0.25, -0.2) is 0 Å². The van der Waals surface area contributed by atoms with Gasteiger partial charge in [-0.1, -0.05) is 18.2 Å². The van der Waals surface area contributed by atoms with E-state index in [9.17, 15) is 0 Å². The molecule has 1 fully saturated rings. The van der Waals surface area contributed by atoms with Crippen LogP contribution in [-0.2, 0) is 6.42 Å². The SMILES string of the molecule is ClC1CCc2ccc(C3CC3)cc21. The molecule has 0 aromatic heterocycles. The summed E-state index contributed by atoms with van der Waals surface area (Å²) in [5.74, 6) is 0.856. The smallest absolute Gasteiger partial charge is 0.0591 e. The fraction of sp³-hybridized carbons (Fsp3) is 0.500. The number of alkyl halides is 1. The third-order valence-corrected chi connectivity index (χ3v) is 3.68. The molecule has 1 aromatic rings. The summed E-state index contributed by atoms with van der Waals surface area (Å²) in [7, 11) is 0. The van der Waals surface area contributed by atoms with Crippen molar-refractivity contribution in [3.05, 3.63) is 34.9 Å². The lowest BCUT2D eigenvalue weighted by Gasteiger charge is -2.05. The van der Waals surface area contributed by atoms with Gasteiger partial charge in [0.1, 0.15) is 0 Å². The van der Waals surface area contributed by atoms with Gasteiger partial charge in [-0.2, -0.15) is 0 Å². The Hall–Kier alpha value is -0.490. The van der Waals surface area contributed by atoms with E-state index in [0.29, 0.717) is 0 Å². The first-order valence-electron chi connectivity index (χ1n) is 5.11. The molecule has 2 aliphatic rings. The molecular formula is C12H13Cl. The lowest BCUT2D eigenvalue weighted by molar-refractivity contribution is 0.881. The van der Waals surface area contributed by atoms with Gasteiger partial charge in [0.05, 0.1) is 5.38 Å². The first-order valence-corrected chi connectivity index (χ1v) is 5.55. The first-order chi connectivity index (χ1) is 6.34. The average Bonchev–Trinajstić information content (AvgIpc) is 2.93. The molecule has 0 nitrogen and oxygen atoms in total. The Labute approximate surface area is 83.9 Å². The normalized spacial score (nSPS) is 26.1. The van der Waals surface area contributed by atoms with Crippen molar-refractivity contribution in [2.24, 2.45) is 0 Å². The Kier molecular flexibility index (Phi) is 1.66. The van der Waals surface area contributed by atoms with E-state index in [1.165, 1.54) is 36.0 Å². The third-order valence-electron chi connectivity index (χ3n) is 3.22. The van der Waals surface area contributed by atoms with Crippen molar-refractivity contribution in [2.45, 2.75) is 37.0 Å². The van der Waals surface area contributed by atoms with E-state index < -0.39 is 0 Å². The Morgan fingerprint density at radius 2 is 2.00 bits per heavy atom. The van der Waals surface area contributed by atoms with Crippen LogP contribution >= 0.6 is 11.6 Å². The van der Waals surface area contributed by atoms with E-state index in [0.717, 1.165) is 12.3 Å². The topological polar surface area (TPSA) is 0 Å². The summed E-state index contributed by atoms with van der Waals surface area (Å²) < 4.78 is 0. The summed E-state index contributed by atoms with van der Waals surface area (Å²) in [6.45, 7) is 0. The number of hydrogen-bond acceptors (Lipinski definition) is 0. The van der Waals surface area contributed by atoms with E-state index in [1.807, 2.05) is 0 Å². The van der Waals surface area contributed by atoms with Crippen molar-refractivity contribution in [3.63, 3.8) is 0 Å². The first kappa shape index (κ1) is 7.87. The average molecular weight is 193 g/mol. The van der Waals surface area contributed by atoms with Crippen molar-refractivity contribution >= 4 is 11.6 Å². The molecule has 1 heteroatoms. The highest BCUT2D eigenvalue weighted by Crippen LogP contribution is 2.43. The highest BCUT2D eigenvalue weighted by molar-refractivity contribution is 6.21. The quantitative estimate of drug-likeness (QED) is 0.594. The van der Waals surface area contributed by atoms with Crippen molar-refractivity contribution < 1.29 is 0 Å². The summed E-state index contributed by atoms with van der Waals surface area (Å²) in [4.78, 5) is 0. The fourth-order valence-corrected chi connectivity index (χ4v) is 2.55. The molecule has 0 heterocycles. The molecule has 13 heavy (non-hydrogen) atoms. The van der Waals surface area contributed by atoms with E-state index in [2.05, 4.69) is 18.2 Å². The van der Waals surface area contributed by atoms with Gasteiger partial charge >= 0.3 is 0 Å². The molecular weight excluding hydrogens is 180 g/mol. The van der Waals surface area contributed by atoms with Gasteiger partial charge in [0.15, 0.2) is 0 Å². The molecule has 3 rings (SSSR count). The second-order valence-corrected chi connectivity index (χ2v) is 4.77. The molecule has 0 spiro atoms. The van der Waals surface area contributed by atoms with Crippen LogP contribution < -0.4 is 0 Å². The van der Waals surface area contributed by atoms with Crippen LogP contribution in [0, 0.1) is 0 Å². The largest absolute Gasteiger partial charge is 0.118 e. The van der Waals surface area contributed by atoms with Gasteiger partial charge in [0.25, 0.3) is 0 Å². The minimum absolute atomic E-state index is 0.286. The molecule has 68 valence electrons. The maximum atomic E-state index is 6.24. The number of halogens is 1. The highest BCUT2D eigenvalue weighted by atomic mass is 35.5. The van der Waals surface area contributed by atoms with Gasteiger partial charge in [-0.15, -0.1) is 11.6 Å². The monoisotopic (exact) mass is 192 g/mol. The van der Waals surface area contributed by atoms with Crippen LogP contribution in [0.5, 0.6) is 0 Å². The van der Waals surface area contributed by atoms with E-state index in [4.69, 9.17) is 11.6 Å².